The molecule has 2 aromatic rings. The molecule has 0 radical (unpaired) electrons. The average molecular weight is 278 g/mol. The van der Waals surface area contributed by atoms with Gasteiger partial charge in [-0.05, 0) is 10.5 Å². The van der Waals surface area contributed by atoms with Crippen LogP contribution < -0.4 is 0 Å². The lowest BCUT2D eigenvalue weighted by atomic mass is 10.2. The van der Waals surface area contributed by atoms with E-state index in [0.717, 1.165) is 5.56 Å². The standard InChI is InChI=1S/C12H14N4O4/c17-11(6-15-9-13-12(14-15)16(18)19)8-20-7-10-4-2-1-3-5-10/h1-5,9,11,17H,6-8H2. The molecule has 0 saturated carbocycles. The summed E-state index contributed by atoms with van der Waals surface area (Å²) < 4.78 is 6.58. The second kappa shape index (κ2) is 6.73. The van der Waals surface area contributed by atoms with Crippen molar-refractivity contribution in [3.63, 3.8) is 0 Å². The van der Waals surface area contributed by atoms with E-state index in [0.29, 0.717) is 6.61 Å². The summed E-state index contributed by atoms with van der Waals surface area (Å²) >= 11 is 0. The van der Waals surface area contributed by atoms with E-state index >= 15 is 0 Å². The van der Waals surface area contributed by atoms with Crippen molar-refractivity contribution in [2.45, 2.75) is 19.3 Å². The Morgan fingerprint density at radius 1 is 1.40 bits per heavy atom. The van der Waals surface area contributed by atoms with Crippen molar-refractivity contribution in [1.29, 1.82) is 0 Å². The molecule has 0 aliphatic carbocycles. The first-order valence-corrected chi connectivity index (χ1v) is 5.98. The molecule has 0 aliphatic rings. The molecule has 1 unspecified atom stereocenters. The van der Waals surface area contributed by atoms with Crippen molar-refractivity contribution in [1.82, 2.24) is 14.8 Å². The molecule has 20 heavy (non-hydrogen) atoms. The molecule has 0 aliphatic heterocycles. The number of hydrogen-bond acceptors (Lipinski definition) is 6. The fraction of sp³-hybridized carbons (Fsp3) is 0.333. The van der Waals surface area contributed by atoms with E-state index < -0.39 is 17.0 Å². The Morgan fingerprint density at radius 2 is 2.15 bits per heavy atom. The Hall–Kier alpha value is -2.32. The summed E-state index contributed by atoms with van der Waals surface area (Å²) in [5.74, 6) is -0.484. The molecule has 0 bridgehead atoms. The van der Waals surface area contributed by atoms with Crippen LogP contribution >= 0.6 is 0 Å². The van der Waals surface area contributed by atoms with E-state index in [-0.39, 0.29) is 13.2 Å². The number of rotatable bonds is 7. The third-order valence-corrected chi connectivity index (χ3v) is 2.51. The number of aliphatic hydroxyl groups excluding tert-OH is 1. The smallest absolute Gasteiger partial charge is 0.390 e. The molecule has 1 atom stereocenters. The Morgan fingerprint density at radius 3 is 2.80 bits per heavy atom. The van der Waals surface area contributed by atoms with Gasteiger partial charge in [0.2, 0.25) is 6.33 Å². The van der Waals surface area contributed by atoms with Gasteiger partial charge in [0.25, 0.3) is 0 Å². The summed E-state index contributed by atoms with van der Waals surface area (Å²) in [5.41, 5.74) is 1.01. The summed E-state index contributed by atoms with van der Waals surface area (Å²) in [5, 5.41) is 23.8. The third-order valence-electron chi connectivity index (χ3n) is 2.51. The van der Waals surface area contributed by atoms with Gasteiger partial charge in [0.15, 0.2) is 0 Å². The lowest BCUT2D eigenvalue weighted by molar-refractivity contribution is -0.394. The van der Waals surface area contributed by atoms with E-state index in [1.54, 1.807) is 0 Å². The van der Waals surface area contributed by atoms with E-state index in [9.17, 15) is 15.2 Å². The van der Waals surface area contributed by atoms with Crippen molar-refractivity contribution >= 4 is 5.95 Å². The minimum absolute atomic E-state index is 0.0929. The first-order valence-electron chi connectivity index (χ1n) is 5.98. The van der Waals surface area contributed by atoms with Crippen LogP contribution in [0, 0.1) is 10.1 Å². The number of nitrogens with zero attached hydrogens (tertiary/aromatic N) is 4. The molecule has 0 saturated heterocycles. The largest absolute Gasteiger partial charge is 0.490 e. The number of aromatic nitrogens is 3. The van der Waals surface area contributed by atoms with Crippen LogP contribution in [0.1, 0.15) is 5.56 Å². The second-order valence-corrected chi connectivity index (χ2v) is 4.18. The summed E-state index contributed by atoms with van der Waals surface area (Å²) in [6, 6.07) is 9.57. The molecule has 0 fully saturated rings. The van der Waals surface area contributed by atoms with Crippen LogP contribution in [0.5, 0.6) is 0 Å². The Kier molecular flexibility index (Phi) is 4.75. The molecule has 0 amide bonds. The van der Waals surface area contributed by atoms with Gasteiger partial charge in [0.05, 0.1) is 25.9 Å². The van der Waals surface area contributed by atoms with E-state index in [2.05, 4.69) is 10.1 Å². The Labute approximate surface area is 114 Å². The fourth-order valence-electron chi connectivity index (χ4n) is 1.61. The van der Waals surface area contributed by atoms with E-state index in [4.69, 9.17) is 4.74 Å². The number of nitro groups is 1. The summed E-state index contributed by atoms with van der Waals surface area (Å²) in [7, 11) is 0. The fourth-order valence-corrected chi connectivity index (χ4v) is 1.61. The molecule has 0 spiro atoms. The third kappa shape index (κ3) is 4.11. The normalized spacial score (nSPS) is 12.2. The van der Waals surface area contributed by atoms with Gasteiger partial charge in [-0.3, -0.25) is 0 Å². The lowest BCUT2D eigenvalue weighted by Crippen LogP contribution is -2.22. The van der Waals surface area contributed by atoms with Crippen LogP contribution in [0.15, 0.2) is 36.7 Å². The highest BCUT2D eigenvalue weighted by Gasteiger charge is 2.15. The quantitative estimate of drug-likeness (QED) is 0.592. The summed E-state index contributed by atoms with van der Waals surface area (Å²) in [4.78, 5) is 13.2. The van der Waals surface area contributed by atoms with Gasteiger partial charge in [-0.2, -0.15) is 4.68 Å². The predicted molar refractivity (Wildman–Crippen MR) is 68.8 cm³/mol. The zero-order chi connectivity index (χ0) is 14.4. The van der Waals surface area contributed by atoms with Gasteiger partial charge in [-0.25, -0.2) is 0 Å². The molecular weight excluding hydrogens is 264 g/mol. The monoisotopic (exact) mass is 278 g/mol. The van der Waals surface area contributed by atoms with Crippen LogP contribution in [-0.4, -0.2) is 37.5 Å². The van der Waals surface area contributed by atoms with Crippen molar-refractivity contribution in [2.24, 2.45) is 0 Å². The maximum absolute atomic E-state index is 10.4. The van der Waals surface area contributed by atoms with Gasteiger partial charge >= 0.3 is 5.95 Å². The van der Waals surface area contributed by atoms with Crippen molar-refractivity contribution in [2.75, 3.05) is 6.61 Å². The Balaban J connectivity index is 1.74. The molecule has 1 aromatic heterocycles. The first kappa shape index (κ1) is 14.1. The zero-order valence-electron chi connectivity index (χ0n) is 10.6. The minimum atomic E-state index is -0.806. The highest BCUT2D eigenvalue weighted by molar-refractivity contribution is 5.13. The van der Waals surface area contributed by atoms with Crippen LogP contribution in [0.3, 0.4) is 0 Å². The van der Waals surface area contributed by atoms with Crippen LogP contribution in [0.2, 0.25) is 0 Å². The minimum Gasteiger partial charge on any atom is -0.390 e. The lowest BCUT2D eigenvalue weighted by Gasteiger charge is -2.09. The average Bonchev–Trinajstić information content (AvgIpc) is 2.88. The molecule has 1 N–H and O–H groups in total. The molecule has 1 aromatic carbocycles. The zero-order valence-corrected chi connectivity index (χ0v) is 10.6. The van der Waals surface area contributed by atoms with Crippen LogP contribution in [-0.2, 0) is 17.9 Å². The second-order valence-electron chi connectivity index (χ2n) is 4.18. The molecule has 1 heterocycles. The maximum Gasteiger partial charge on any atom is 0.490 e. The number of aliphatic hydroxyl groups is 1. The van der Waals surface area contributed by atoms with Crippen molar-refractivity contribution in [3.05, 3.63) is 52.3 Å². The maximum atomic E-state index is 10.4. The SMILES string of the molecule is O=[N+]([O-])c1ncn(CC(O)COCc2ccccc2)n1. The molecule has 106 valence electrons. The van der Waals surface area contributed by atoms with E-state index in [1.165, 1.54) is 11.0 Å². The van der Waals surface area contributed by atoms with Crippen molar-refractivity contribution in [3.8, 4) is 0 Å². The summed E-state index contributed by atoms with van der Waals surface area (Å²) in [6.45, 7) is 0.605. The topological polar surface area (TPSA) is 103 Å². The van der Waals surface area contributed by atoms with Crippen LogP contribution in [0.4, 0.5) is 5.95 Å². The van der Waals surface area contributed by atoms with E-state index in [1.807, 2.05) is 30.3 Å². The number of benzene rings is 1. The number of ether oxygens (including phenoxy) is 1. The first-order chi connectivity index (χ1) is 9.65. The van der Waals surface area contributed by atoms with Gasteiger partial charge in [0.1, 0.15) is 0 Å². The molecule has 8 heteroatoms. The Bertz CT molecular complexity index is 558. The highest BCUT2D eigenvalue weighted by atomic mass is 16.6. The molecule has 2 rings (SSSR count). The van der Waals surface area contributed by atoms with Gasteiger partial charge in [0, 0.05) is 5.10 Å². The number of hydrogen-bond donors (Lipinski definition) is 1. The summed E-state index contributed by atoms with van der Waals surface area (Å²) in [6.07, 6.45) is 0.401. The highest BCUT2D eigenvalue weighted by Crippen LogP contribution is 2.03. The van der Waals surface area contributed by atoms with Crippen molar-refractivity contribution < 1.29 is 14.8 Å². The molecular formula is C12H14N4O4. The predicted octanol–water partition coefficient (Wildman–Crippen LogP) is 0.764. The molecule has 8 nitrogen and oxygen atoms in total. The van der Waals surface area contributed by atoms with Gasteiger partial charge in [-0.1, -0.05) is 35.3 Å². The van der Waals surface area contributed by atoms with Crippen LogP contribution in [0.25, 0.3) is 0 Å². The van der Waals surface area contributed by atoms with Gasteiger partial charge < -0.3 is 20.0 Å². The van der Waals surface area contributed by atoms with Gasteiger partial charge in [-0.15, -0.1) is 0 Å².